The minimum atomic E-state index is -0.512. The minimum Gasteiger partial charge on any atom is -0.497 e. The third-order valence-corrected chi connectivity index (χ3v) is 3.97. The number of nitrogen functional groups attached to an aromatic ring is 1. The van der Waals surface area contributed by atoms with E-state index < -0.39 is 6.09 Å². The van der Waals surface area contributed by atoms with Crippen LogP contribution >= 0.6 is 0 Å². The number of methoxy groups -OCH3 is 1. The molecule has 2 aromatic carbocycles. The standard InChI is InChI=1S/C22H26N6O3/c1-22(2,3)28-21(29)31-17-11-7-14(8-12-17)25-19-18(23)13-24-20(27-19)26-15-5-9-16(30-4)10-6-15/h5-13H,23H2,1-4H3,(H,28,29)(H2,24,25,26,27). The molecule has 0 fully saturated rings. The molecule has 1 heterocycles. The fraction of sp³-hybridized carbons (Fsp3) is 0.227. The lowest BCUT2D eigenvalue weighted by atomic mass is 10.1. The van der Waals surface area contributed by atoms with Crippen molar-refractivity contribution in [2.45, 2.75) is 26.3 Å². The van der Waals surface area contributed by atoms with Crippen LogP contribution in [0.1, 0.15) is 20.8 Å². The summed E-state index contributed by atoms with van der Waals surface area (Å²) in [5.41, 5.74) is 7.57. The molecule has 0 saturated heterocycles. The first-order valence-electron chi connectivity index (χ1n) is 9.62. The van der Waals surface area contributed by atoms with Crippen LogP contribution < -0.4 is 31.2 Å². The van der Waals surface area contributed by atoms with Crippen LogP contribution in [0.15, 0.2) is 54.7 Å². The maximum absolute atomic E-state index is 11.9. The Hall–Kier alpha value is -4.01. The maximum atomic E-state index is 11.9. The Morgan fingerprint density at radius 2 is 1.52 bits per heavy atom. The van der Waals surface area contributed by atoms with Gasteiger partial charge in [0.25, 0.3) is 0 Å². The van der Waals surface area contributed by atoms with Crippen LogP contribution in [0, 0.1) is 0 Å². The molecule has 0 spiro atoms. The molecule has 0 aliphatic carbocycles. The van der Waals surface area contributed by atoms with E-state index in [1.54, 1.807) is 31.4 Å². The smallest absolute Gasteiger partial charge is 0.413 e. The molecular formula is C22H26N6O3. The molecule has 0 unspecified atom stereocenters. The van der Waals surface area contributed by atoms with E-state index in [9.17, 15) is 4.79 Å². The molecule has 0 bridgehead atoms. The second kappa shape index (κ2) is 9.21. The highest BCUT2D eigenvalue weighted by Gasteiger charge is 2.15. The van der Waals surface area contributed by atoms with Crippen LogP contribution in [0.3, 0.4) is 0 Å². The average Bonchev–Trinajstić information content (AvgIpc) is 2.71. The van der Waals surface area contributed by atoms with Gasteiger partial charge in [0.2, 0.25) is 5.95 Å². The molecule has 0 aliphatic rings. The first-order valence-corrected chi connectivity index (χ1v) is 9.62. The molecule has 0 saturated carbocycles. The van der Waals surface area contributed by atoms with E-state index in [1.807, 2.05) is 45.0 Å². The Kier molecular flexibility index (Phi) is 6.44. The lowest BCUT2D eigenvalue weighted by Crippen LogP contribution is -2.42. The fourth-order valence-electron chi connectivity index (χ4n) is 2.54. The van der Waals surface area contributed by atoms with Crippen LogP contribution in [-0.4, -0.2) is 28.7 Å². The Morgan fingerprint density at radius 1 is 0.935 bits per heavy atom. The minimum absolute atomic E-state index is 0.374. The number of aromatic nitrogens is 2. The Balaban J connectivity index is 1.66. The van der Waals surface area contributed by atoms with Gasteiger partial charge in [-0.05, 0) is 69.3 Å². The molecule has 9 nitrogen and oxygen atoms in total. The van der Waals surface area contributed by atoms with Gasteiger partial charge in [0, 0.05) is 16.9 Å². The molecule has 9 heteroatoms. The van der Waals surface area contributed by atoms with Crippen molar-refractivity contribution < 1.29 is 14.3 Å². The van der Waals surface area contributed by atoms with Crippen molar-refractivity contribution in [1.82, 2.24) is 15.3 Å². The summed E-state index contributed by atoms with van der Waals surface area (Å²) in [5, 5.41) is 9.00. The number of rotatable bonds is 6. The fourth-order valence-corrected chi connectivity index (χ4v) is 2.54. The van der Waals surface area contributed by atoms with Crippen molar-refractivity contribution >= 4 is 34.9 Å². The van der Waals surface area contributed by atoms with Gasteiger partial charge in [0.05, 0.1) is 19.0 Å². The topological polar surface area (TPSA) is 123 Å². The highest BCUT2D eigenvalue weighted by molar-refractivity contribution is 5.72. The van der Waals surface area contributed by atoms with E-state index in [-0.39, 0.29) is 5.54 Å². The van der Waals surface area contributed by atoms with E-state index >= 15 is 0 Å². The van der Waals surface area contributed by atoms with E-state index in [1.165, 1.54) is 6.20 Å². The van der Waals surface area contributed by atoms with Gasteiger partial charge in [-0.25, -0.2) is 9.78 Å². The normalized spacial score (nSPS) is 10.8. The number of benzene rings is 2. The summed E-state index contributed by atoms with van der Waals surface area (Å²) in [7, 11) is 1.61. The monoisotopic (exact) mass is 422 g/mol. The summed E-state index contributed by atoms with van der Waals surface area (Å²) in [6.45, 7) is 5.64. The van der Waals surface area contributed by atoms with Gasteiger partial charge in [-0.3, -0.25) is 0 Å². The highest BCUT2D eigenvalue weighted by Crippen LogP contribution is 2.25. The van der Waals surface area contributed by atoms with Crippen molar-refractivity contribution in [1.29, 1.82) is 0 Å². The predicted molar refractivity (Wildman–Crippen MR) is 121 cm³/mol. The average molecular weight is 422 g/mol. The third kappa shape index (κ3) is 6.49. The molecule has 162 valence electrons. The van der Waals surface area contributed by atoms with Crippen LogP contribution in [0.2, 0.25) is 0 Å². The van der Waals surface area contributed by atoms with Gasteiger partial charge in [-0.2, -0.15) is 4.98 Å². The number of ether oxygens (including phenoxy) is 2. The number of nitrogens with one attached hydrogen (secondary N) is 3. The summed E-state index contributed by atoms with van der Waals surface area (Å²) in [6.07, 6.45) is 1.01. The van der Waals surface area contributed by atoms with Gasteiger partial charge in [-0.15, -0.1) is 0 Å². The van der Waals surface area contributed by atoms with Crippen molar-refractivity contribution in [3.63, 3.8) is 0 Å². The molecular weight excluding hydrogens is 396 g/mol. The Morgan fingerprint density at radius 3 is 2.10 bits per heavy atom. The lowest BCUT2D eigenvalue weighted by Gasteiger charge is -2.19. The molecule has 0 aliphatic heterocycles. The van der Waals surface area contributed by atoms with Crippen molar-refractivity contribution in [2.75, 3.05) is 23.5 Å². The van der Waals surface area contributed by atoms with E-state index in [0.29, 0.717) is 23.2 Å². The predicted octanol–water partition coefficient (Wildman–Crippen LogP) is 4.44. The molecule has 1 amide bonds. The molecule has 31 heavy (non-hydrogen) atoms. The van der Waals surface area contributed by atoms with Gasteiger partial charge in [0.15, 0.2) is 5.82 Å². The van der Waals surface area contributed by atoms with Gasteiger partial charge >= 0.3 is 6.09 Å². The van der Waals surface area contributed by atoms with Gasteiger partial charge in [0.1, 0.15) is 11.5 Å². The Labute approximate surface area is 181 Å². The van der Waals surface area contributed by atoms with E-state index in [2.05, 4.69) is 25.9 Å². The van der Waals surface area contributed by atoms with Crippen molar-refractivity contribution in [3.8, 4) is 11.5 Å². The number of amides is 1. The summed E-state index contributed by atoms with van der Waals surface area (Å²) >= 11 is 0. The van der Waals surface area contributed by atoms with Gasteiger partial charge in [-0.1, -0.05) is 0 Å². The van der Waals surface area contributed by atoms with Crippen LogP contribution in [0.4, 0.5) is 33.6 Å². The number of carbonyl (C=O) groups excluding carboxylic acids is 1. The summed E-state index contributed by atoms with van der Waals surface area (Å²) < 4.78 is 10.4. The molecule has 0 radical (unpaired) electrons. The number of nitrogens with two attached hydrogens (primary N) is 1. The van der Waals surface area contributed by atoms with Gasteiger partial charge < -0.3 is 31.2 Å². The highest BCUT2D eigenvalue weighted by atomic mass is 16.6. The molecule has 3 aromatic rings. The Bertz CT molecular complexity index is 1030. The molecule has 5 N–H and O–H groups in total. The summed E-state index contributed by atoms with van der Waals surface area (Å²) in [6, 6.07) is 14.3. The summed E-state index contributed by atoms with van der Waals surface area (Å²) in [4.78, 5) is 20.5. The quantitative estimate of drug-likeness (QED) is 0.460. The number of anilines is 5. The molecule has 3 rings (SSSR count). The van der Waals surface area contributed by atoms with Crippen LogP contribution in [0.5, 0.6) is 11.5 Å². The second-order valence-corrected chi connectivity index (χ2v) is 7.76. The number of carbonyl (C=O) groups is 1. The number of hydrogen-bond donors (Lipinski definition) is 4. The second-order valence-electron chi connectivity index (χ2n) is 7.76. The zero-order chi connectivity index (χ0) is 22.4. The zero-order valence-electron chi connectivity index (χ0n) is 17.9. The van der Waals surface area contributed by atoms with Crippen molar-refractivity contribution in [2.24, 2.45) is 0 Å². The first kappa shape index (κ1) is 21.7. The molecule has 1 aromatic heterocycles. The lowest BCUT2D eigenvalue weighted by molar-refractivity contribution is 0.190. The number of hydrogen-bond acceptors (Lipinski definition) is 8. The van der Waals surface area contributed by atoms with Crippen LogP contribution in [-0.2, 0) is 0 Å². The molecule has 0 atom stereocenters. The summed E-state index contributed by atoms with van der Waals surface area (Å²) in [5.74, 6) is 2.02. The first-order chi connectivity index (χ1) is 14.7. The zero-order valence-corrected chi connectivity index (χ0v) is 17.9. The largest absolute Gasteiger partial charge is 0.497 e. The maximum Gasteiger partial charge on any atom is 0.413 e. The SMILES string of the molecule is COc1ccc(Nc2ncc(N)c(Nc3ccc(OC(=O)NC(C)(C)C)cc3)n2)cc1. The van der Waals surface area contributed by atoms with Crippen LogP contribution in [0.25, 0.3) is 0 Å². The number of nitrogens with zero attached hydrogens (tertiary/aromatic N) is 2. The van der Waals surface area contributed by atoms with E-state index in [4.69, 9.17) is 15.2 Å². The van der Waals surface area contributed by atoms with Crippen molar-refractivity contribution in [3.05, 3.63) is 54.7 Å². The van der Waals surface area contributed by atoms with E-state index in [0.717, 1.165) is 17.1 Å². The third-order valence-electron chi connectivity index (χ3n) is 3.97.